The fourth-order valence-corrected chi connectivity index (χ4v) is 5.65. The van der Waals surface area contributed by atoms with E-state index in [1.165, 1.54) is 18.4 Å². The molecule has 2 aromatic heterocycles. The van der Waals surface area contributed by atoms with Gasteiger partial charge in [-0.25, -0.2) is 4.68 Å². The Balaban J connectivity index is 1.48. The zero-order valence-electron chi connectivity index (χ0n) is 22.2. The van der Waals surface area contributed by atoms with Crippen LogP contribution in [0.2, 0.25) is 0 Å². The van der Waals surface area contributed by atoms with Crippen molar-refractivity contribution in [3.8, 4) is 5.75 Å². The topological polar surface area (TPSA) is 88.9 Å². The van der Waals surface area contributed by atoms with E-state index in [4.69, 9.17) is 4.74 Å². The summed E-state index contributed by atoms with van der Waals surface area (Å²) in [5, 5.41) is 14.0. The number of aromatic nitrogens is 5. The van der Waals surface area contributed by atoms with E-state index in [1.807, 2.05) is 28.9 Å². The van der Waals surface area contributed by atoms with Gasteiger partial charge < -0.3 is 9.72 Å². The lowest BCUT2D eigenvalue weighted by Crippen LogP contribution is -2.39. The van der Waals surface area contributed by atoms with E-state index in [1.54, 1.807) is 7.11 Å². The number of pyridine rings is 1. The van der Waals surface area contributed by atoms with Gasteiger partial charge in [-0.3, -0.25) is 9.69 Å². The van der Waals surface area contributed by atoms with Crippen molar-refractivity contribution in [2.75, 3.05) is 7.11 Å². The number of aryl methyl sites for hydroxylation is 2. The van der Waals surface area contributed by atoms with Crippen LogP contribution in [0.15, 0.2) is 47.3 Å². The van der Waals surface area contributed by atoms with Crippen LogP contribution in [0.25, 0.3) is 10.9 Å². The van der Waals surface area contributed by atoms with Crippen LogP contribution >= 0.6 is 0 Å². The molecule has 1 N–H and O–H groups in total. The van der Waals surface area contributed by atoms with Gasteiger partial charge in [0.25, 0.3) is 5.56 Å². The molecule has 37 heavy (non-hydrogen) atoms. The van der Waals surface area contributed by atoms with Crippen LogP contribution in [0.3, 0.4) is 0 Å². The molecule has 1 aliphatic rings. The van der Waals surface area contributed by atoms with Gasteiger partial charge in [0.1, 0.15) is 5.75 Å². The number of hydrogen-bond acceptors (Lipinski definition) is 6. The second kappa shape index (κ2) is 10.8. The van der Waals surface area contributed by atoms with Crippen molar-refractivity contribution >= 4 is 10.9 Å². The number of rotatable bonds is 9. The van der Waals surface area contributed by atoms with Crippen LogP contribution in [-0.2, 0) is 13.1 Å². The van der Waals surface area contributed by atoms with Crippen molar-refractivity contribution in [1.82, 2.24) is 30.1 Å². The average Bonchev–Trinajstić information content (AvgIpc) is 3.60. The zero-order valence-corrected chi connectivity index (χ0v) is 22.2. The first-order valence-electron chi connectivity index (χ1n) is 13.2. The Morgan fingerprint density at radius 1 is 1.14 bits per heavy atom. The summed E-state index contributed by atoms with van der Waals surface area (Å²) in [6.45, 7) is 7.46. The Kier molecular flexibility index (Phi) is 7.37. The molecule has 1 atom stereocenters. The van der Waals surface area contributed by atoms with Crippen molar-refractivity contribution in [3.63, 3.8) is 0 Å². The van der Waals surface area contributed by atoms with E-state index in [0.29, 0.717) is 19.1 Å². The van der Waals surface area contributed by atoms with Gasteiger partial charge in [-0.1, -0.05) is 44.0 Å². The zero-order chi connectivity index (χ0) is 25.9. The quantitative estimate of drug-likeness (QED) is 0.345. The van der Waals surface area contributed by atoms with Crippen molar-refractivity contribution < 1.29 is 4.74 Å². The minimum absolute atomic E-state index is 0.00574. The number of hydrogen-bond donors (Lipinski definition) is 1. The summed E-state index contributed by atoms with van der Waals surface area (Å²) in [5.41, 5.74) is 5.10. The van der Waals surface area contributed by atoms with Gasteiger partial charge in [0.15, 0.2) is 5.82 Å². The molecule has 4 aromatic rings. The van der Waals surface area contributed by atoms with Crippen molar-refractivity contribution in [2.45, 2.75) is 78.0 Å². The summed E-state index contributed by atoms with van der Waals surface area (Å²) in [4.78, 5) is 18.9. The minimum atomic E-state index is -0.0168. The fourth-order valence-electron chi connectivity index (χ4n) is 5.65. The molecular weight excluding hydrogens is 464 g/mol. The molecule has 5 rings (SSSR count). The first-order valence-corrected chi connectivity index (χ1v) is 13.2. The molecule has 0 saturated heterocycles. The van der Waals surface area contributed by atoms with Crippen LogP contribution in [0, 0.1) is 13.8 Å². The average molecular weight is 501 g/mol. The first kappa shape index (κ1) is 25.1. The van der Waals surface area contributed by atoms with E-state index in [0.717, 1.165) is 58.4 Å². The number of fused-ring (bicyclic) bond motifs is 1. The Bertz CT molecular complexity index is 1420. The standard InChI is InChI=1S/C29H36N6O2/c1-5-26(28-31-32-33-35(28)17-21-11-14-25(37-4)15-12-21)34(24-8-6-7-9-24)18-23-16-22-13-10-19(2)20(3)27(22)30-29(23)36/h10-16,24,26H,5-9,17-18H2,1-4H3,(H,30,36)/t26-/m1/s1. The molecule has 0 radical (unpaired) electrons. The molecule has 1 aliphatic carbocycles. The summed E-state index contributed by atoms with van der Waals surface area (Å²) in [6.07, 6.45) is 5.52. The summed E-state index contributed by atoms with van der Waals surface area (Å²) >= 11 is 0. The number of nitrogens with one attached hydrogen (secondary N) is 1. The molecule has 0 aliphatic heterocycles. The Hall–Kier alpha value is -3.52. The van der Waals surface area contributed by atoms with Gasteiger partial charge in [0.2, 0.25) is 0 Å². The maximum atomic E-state index is 13.3. The highest BCUT2D eigenvalue weighted by Gasteiger charge is 2.32. The molecule has 8 heteroatoms. The van der Waals surface area contributed by atoms with Gasteiger partial charge in [-0.2, -0.15) is 0 Å². The highest BCUT2D eigenvalue weighted by molar-refractivity contribution is 5.83. The SMILES string of the molecule is CC[C@H](c1nnnn1Cc1ccc(OC)cc1)N(Cc1cc2ccc(C)c(C)c2[nH]c1=O)C1CCCC1. The second-order valence-corrected chi connectivity index (χ2v) is 10.2. The van der Waals surface area contributed by atoms with Crippen LogP contribution in [0.5, 0.6) is 5.75 Å². The Morgan fingerprint density at radius 2 is 1.89 bits per heavy atom. The van der Waals surface area contributed by atoms with Gasteiger partial charge >= 0.3 is 0 Å². The van der Waals surface area contributed by atoms with Crippen LogP contribution < -0.4 is 10.3 Å². The number of tetrazole rings is 1. The minimum Gasteiger partial charge on any atom is -0.497 e. The largest absolute Gasteiger partial charge is 0.497 e. The van der Waals surface area contributed by atoms with Gasteiger partial charge in [0, 0.05) is 18.2 Å². The van der Waals surface area contributed by atoms with E-state index >= 15 is 0 Å². The number of ether oxygens (including phenoxy) is 1. The molecule has 1 fully saturated rings. The highest BCUT2D eigenvalue weighted by atomic mass is 16.5. The second-order valence-electron chi connectivity index (χ2n) is 10.2. The van der Waals surface area contributed by atoms with Crippen LogP contribution in [0.4, 0.5) is 0 Å². The van der Waals surface area contributed by atoms with Crippen LogP contribution in [0.1, 0.15) is 73.1 Å². The van der Waals surface area contributed by atoms with Crippen LogP contribution in [-0.4, -0.2) is 43.2 Å². The lowest BCUT2D eigenvalue weighted by Gasteiger charge is -2.35. The third kappa shape index (κ3) is 5.16. The van der Waals surface area contributed by atoms with E-state index < -0.39 is 0 Å². The van der Waals surface area contributed by atoms with E-state index in [9.17, 15) is 4.79 Å². The molecule has 1 saturated carbocycles. The first-order chi connectivity index (χ1) is 18.0. The number of benzene rings is 2. The van der Waals surface area contributed by atoms with Gasteiger partial charge in [-0.15, -0.1) is 5.10 Å². The van der Waals surface area contributed by atoms with Crippen molar-refractivity contribution in [3.05, 3.63) is 80.9 Å². The molecule has 8 nitrogen and oxygen atoms in total. The molecule has 2 aromatic carbocycles. The molecule has 0 spiro atoms. The maximum Gasteiger partial charge on any atom is 0.252 e. The smallest absolute Gasteiger partial charge is 0.252 e. The van der Waals surface area contributed by atoms with Gasteiger partial charge in [0.05, 0.1) is 25.2 Å². The number of aromatic amines is 1. The molecule has 0 bridgehead atoms. The monoisotopic (exact) mass is 500 g/mol. The molecule has 194 valence electrons. The lowest BCUT2D eigenvalue weighted by atomic mass is 10.0. The summed E-state index contributed by atoms with van der Waals surface area (Å²) in [6, 6.07) is 14.7. The predicted molar refractivity (Wildman–Crippen MR) is 145 cm³/mol. The Labute approximate surface area is 217 Å². The summed E-state index contributed by atoms with van der Waals surface area (Å²) in [7, 11) is 1.67. The van der Waals surface area contributed by atoms with Crippen molar-refractivity contribution in [2.24, 2.45) is 0 Å². The van der Waals surface area contributed by atoms with E-state index in [-0.39, 0.29) is 11.6 Å². The van der Waals surface area contributed by atoms with Gasteiger partial charge in [-0.05, 0) is 83.8 Å². The van der Waals surface area contributed by atoms with Crippen molar-refractivity contribution in [1.29, 1.82) is 0 Å². The molecule has 0 unspecified atom stereocenters. The lowest BCUT2D eigenvalue weighted by molar-refractivity contribution is 0.112. The molecule has 0 amide bonds. The third-order valence-corrected chi connectivity index (χ3v) is 7.91. The molecule has 2 heterocycles. The fraction of sp³-hybridized carbons (Fsp3) is 0.448. The summed E-state index contributed by atoms with van der Waals surface area (Å²) in [5.74, 6) is 1.67. The number of nitrogens with zero attached hydrogens (tertiary/aromatic N) is 5. The number of H-pyrrole nitrogens is 1. The third-order valence-electron chi connectivity index (χ3n) is 7.91. The normalized spacial score (nSPS) is 15.1. The Morgan fingerprint density at radius 3 is 2.59 bits per heavy atom. The highest BCUT2D eigenvalue weighted by Crippen LogP contribution is 2.34. The predicted octanol–water partition coefficient (Wildman–Crippen LogP) is 5.08. The number of methoxy groups -OCH3 is 1. The van der Waals surface area contributed by atoms with E-state index in [2.05, 4.69) is 64.4 Å². The maximum absolute atomic E-state index is 13.3. The molecular formula is C29H36N6O2. The summed E-state index contributed by atoms with van der Waals surface area (Å²) < 4.78 is 7.19.